The van der Waals surface area contributed by atoms with Crippen LogP contribution in [0.15, 0.2) is 0 Å². The van der Waals surface area contributed by atoms with Crippen LogP contribution in [0.2, 0.25) is 0 Å². The summed E-state index contributed by atoms with van der Waals surface area (Å²) in [6, 6.07) is 0. The maximum atomic E-state index is 2.35. The molecule has 0 N–H and O–H groups in total. The van der Waals surface area contributed by atoms with Gasteiger partial charge in [0, 0.05) is 0 Å². The zero-order chi connectivity index (χ0) is 8.69. The quantitative estimate of drug-likeness (QED) is 0.508. The monoisotopic (exact) mass is 156 g/mol. The molecule has 0 aromatic carbocycles. The number of hydrogen-bond donors (Lipinski definition) is 0. The molecule has 0 heterocycles. The second kappa shape index (κ2) is 6.68. The molecule has 2 nitrogen and oxygen atoms in total. The van der Waals surface area contributed by atoms with E-state index in [9.17, 15) is 0 Å². The smallest absolute Gasteiger partial charge is 0.155 e. The van der Waals surface area contributed by atoms with Crippen LogP contribution in [0.4, 0.5) is 0 Å². The average molecular weight is 156 g/mol. The Morgan fingerprint density at radius 3 is 1.55 bits per heavy atom. The molecule has 0 atom stereocenters. The third-order valence-corrected chi connectivity index (χ3v) is 2.16. The van der Waals surface area contributed by atoms with Gasteiger partial charge in [0.05, 0.1) is 0 Å². The fourth-order valence-electron chi connectivity index (χ4n) is 0.927. The first-order valence-electron chi connectivity index (χ1n) is 4.57. The van der Waals surface area contributed by atoms with Gasteiger partial charge < -0.3 is 9.80 Å². The third kappa shape index (κ3) is 6.39. The summed E-state index contributed by atoms with van der Waals surface area (Å²) >= 11 is 0. The van der Waals surface area contributed by atoms with Gasteiger partial charge >= 0.3 is 0 Å². The Morgan fingerprint density at radius 2 is 1.27 bits per heavy atom. The summed E-state index contributed by atoms with van der Waals surface area (Å²) in [5.74, 6) is 0. The molecule has 0 aromatic rings. The minimum Gasteiger partial charge on any atom is -0.314 e. The van der Waals surface area contributed by atoms with Crippen molar-refractivity contribution in [3.05, 3.63) is 0 Å². The zero-order valence-electron chi connectivity index (χ0n) is 8.43. The van der Waals surface area contributed by atoms with Gasteiger partial charge in [0.25, 0.3) is 0 Å². The van der Waals surface area contributed by atoms with Gasteiger partial charge in [-0.05, 0) is 40.1 Å². The van der Waals surface area contributed by atoms with Gasteiger partial charge in [-0.3, -0.25) is 0 Å². The molecular weight excluding hydrogens is 135 g/mol. The lowest BCUT2D eigenvalue weighted by molar-refractivity contribution is 0.388. The lowest BCUT2D eigenvalue weighted by Gasteiger charge is -2.16. The third-order valence-electron chi connectivity index (χ3n) is 2.16. The van der Waals surface area contributed by atoms with Crippen LogP contribution in [-0.4, -0.2) is 57.2 Å². The summed E-state index contributed by atoms with van der Waals surface area (Å²) < 4.78 is 0. The average Bonchev–Trinajstić information content (AvgIpc) is 2.04. The Balaban J connectivity index is 3.13. The van der Waals surface area contributed by atoms with E-state index in [1.54, 1.807) is 0 Å². The summed E-state index contributed by atoms with van der Waals surface area (Å²) in [4.78, 5) is 4.70. The first-order chi connectivity index (χ1) is 5.20. The van der Waals surface area contributed by atoms with E-state index in [1.165, 1.54) is 20.2 Å². The van der Waals surface area contributed by atoms with E-state index in [1.807, 2.05) is 0 Å². The SMILES string of the molecule is CCN(C)CBCN(C)CC. The first kappa shape index (κ1) is 11.0. The maximum Gasteiger partial charge on any atom is 0.155 e. The molecule has 0 aliphatic heterocycles. The van der Waals surface area contributed by atoms with Gasteiger partial charge in [-0.2, -0.15) is 0 Å². The van der Waals surface area contributed by atoms with E-state index < -0.39 is 0 Å². The summed E-state index contributed by atoms with van der Waals surface area (Å²) in [5, 5.41) is 0. The lowest BCUT2D eigenvalue weighted by atomic mass is 9.77. The van der Waals surface area contributed by atoms with Crippen LogP contribution >= 0.6 is 0 Å². The van der Waals surface area contributed by atoms with Crippen molar-refractivity contribution < 1.29 is 0 Å². The molecule has 0 rings (SSSR count). The second-order valence-electron chi connectivity index (χ2n) is 3.15. The van der Waals surface area contributed by atoms with Crippen LogP contribution in [0.3, 0.4) is 0 Å². The molecule has 0 aromatic heterocycles. The highest BCUT2D eigenvalue weighted by Gasteiger charge is 1.98. The number of rotatable bonds is 6. The number of nitrogens with zero attached hydrogens (tertiary/aromatic N) is 2. The molecule has 0 aliphatic rings. The molecule has 0 bridgehead atoms. The predicted molar refractivity (Wildman–Crippen MR) is 53.5 cm³/mol. The molecule has 0 unspecified atom stereocenters. The fourth-order valence-corrected chi connectivity index (χ4v) is 0.927. The molecule has 11 heavy (non-hydrogen) atoms. The Hall–Kier alpha value is -0.0151. The van der Waals surface area contributed by atoms with Crippen molar-refractivity contribution in [2.45, 2.75) is 13.8 Å². The van der Waals surface area contributed by atoms with Crippen molar-refractivity contribution in [1.29, 1.82) is 0 Å². The molecular formula is C8H21BN2. The second-order valence-corrected chi connectivity index (χ2v) is 3.15. The van der Waals surface area contributed by atoms with E-state index in [4.69, 9.17) is 0 Å². The van der Waals surface area contributed by atoms with Crippen molar-refractivity contribution in [2.75, 3.05) is 40.1 Å². The Morgan fingerprint density at radius 1 is 0.909 bits per heavy atom. The van der Waals surface area contributed by atoms with Crippen molar-refractivity contribution in [3.8, 4) is 0 Å². The standard InChI is InChI=1S/C8H21BN2/c1-5-10(3)7-9-8-11(4)6-2/h9H,5-8H2,1-4H3. The largest absolute Gasteiger partial charge is 0.314 e. The van der Waals surface area contributed by atoms with E-state index >= 15 is 0 Å². The van der Waals surface area contributed by atoms with Gasteiger partial charge in [0.15, 0.2) is 7.28 Å². The van der Waals surface area contributed by atoms with Crippen molar-refractivity contribution in [2.24, 2.45) is 0 Å². The van der Waals surface area contributed by atoms with E-state index in [-0.39, 0.29) is 0 Å². The Labute approximate surface area is 71.8 Å². The van der Waals surface area contributed by atoms with Crippen LogP contribution in [0.25, 0.3) is 0 Å². The Kier molecular flexibility index (Phi) is 6.67. The molecule has 0 saturated carbocycles. The summed E-state index contributed by atoms with van der Waals surface area (Å²) in [5.41, 5.74) is 0. The van der Waals surface area contributed by atoms with Gasteiger partial charge in [0.1, 0.15) is 0 Å². The summed E-state index contributed by atoms with van der Waals surface area (Å²) in [6.45, 7) is 6.72. The van der Waals surface area contributed by atoms with Crippen molar-refractivity contribution >= 4 is 7.28 Å². The maximum absolute atomic E-state index is 2.35. The van der Waals surface area contributed by atoms with Crippen molar-refractivity contribution in [3.63, 3.8) is 0 Å². The lowest BCUT2D eigenvalue weighted by Crippen LogP contribution is -2.31. The Bertz CT molecular complexity index is 78.2. The van der Waals surface area contributed by atoms with Gasteiger partial charge in [-0.25, -0.2) is 0 Å². The van der Waals surface area contributed by atoms with Crippen LogP contribution in [-0.2, 0) is 0 Å². The van der Waals surface area contributed by atoms with Gasteiger partial charge in [-0.15, -0.1) is 0 Å². The zero-order valence-corrected chi connectivity index (χ0v) is 8.43. The van der Waals surface area contributed by atoms with Gasteiger partial charge in [0.2, 0.25) is 0 Å². The summed E-state index contributed by atoms with van der Waals surface area (Å²) in [7, 11) is 5.63. The van der Waals surface area contributed by atoms with Gasteiger partial charge in [-0.1, -0.05) is 13.8 Å². The molecule has 0 spiro atoms. The minimum absolute atomic E-state index is 1.16. The number of hydrogen-bond acceptors (Lipinski definition) is 2. The molecule has 0 amide bonds. The summed E-state index contributed by atoms with van der Waals surface area (Å²) in [6.07, 6.45) is 2.45. The topological polar surface area (TPSA) is 6.48 Å². The molecule has 0 radical (unpaired) electrons. The molecule has 66 valence electrons. The molecule has 0 aliphatic carbocycles. The van der Waals surface area contributed by atoms with E-state index in [0.29, 0.717) is 0 Å². The highest BCUT2D eigenvalue weighted by atomic mass is 15.1. The fraction of sp³-hybridized carbons (Fsp3) is 1.00. The molecule has 0 saturated heterocycles. The molecule has 0 fully saturated rings. The first-order valence-corrected chi connectivity index (χ1v) is 4.57. The van der Waals surface area contributed by atoms with Crippen LogP contribution in [0.1, 0.15) is 13.8 Å². The van der Waals surface area contributed by atoms with Crippen LogP contribution in [0.5, 0.6) is 0 Å². The van der Waals surface area contributed by atoms with Crippen LogP contribution < -0.4 is 0 Å². The highest BCUT2D eigenvalue weighted by Crippen LogP contribution is 1.81. The minimum atomic E-state index is 1.16. The van der Waals surface area contributed by atoms with Crippen molar-refractivity contribution in [1.82, 2.24) is 9.80 Å². The highest BCUT2D eigenvalue weighted by molar-refractivity contribution is 6.35. The normalized spacial score (nSPS) is 11.1. The van der Waals surface area contributed by atoms with Crippen LogP contribution in [0, 0.1) is 0 Å². The van der Waals surface area contributed by atoms with E-state index in [2.05, 4.69) is 37.7 Å². The predicted octanol–water partition coefficient (Wildman–Crippen LogP) is 0.241. The molecule has 3 heteroatoms. The van der Waals surface area contributed by atoms with E-state index in [0.717, 1.165) is 13.1 Å².